The van der Waals surface area contributed by atoms with E-state index in [0.717, 1.165) is 24.1 Å². The van der Waals surface area contributed by atoms with Crippen LogP contribution in [0.1, 0.15) is 45.2 Å². The maximum Gasteiger partial charge on any atom is 0.203 e. The van der Waals surface area contributed by atoms with Gasteiger partial charge in [0.2, 0.25) is 10.8 Å². The van der Waals surface area contributed by atoms with E-state index in [0.29, 0.717) is 11.5 Å². The number of hydrogen-bond donors (Lipinski definition) is 1. The molecule has 5 heteroatoms. The molecule has 0 fully saturated rings. The molecule has 0 aromatic heterocycles. The minimum Gasteiger partial charge on any atom is -0.378 e. The maximum atomic E-state index is 10.2. The van der Waals surface area contributed by atoms with E-state index in [2.05, 4.69) is 43.4 Å². The Morgan fingerprint density at radius 3 is 2.07 bits per heavy atom. The first-order valence-corrected chi connectivity index (χ1v) is 9.63. The Labute approximate surface area is 166 Å². The quantitative estimate of drug-likeness (QED) is 0.833. The molecular weight excluding hydrogens is 346 g/mol. The van der Waals surface area contributed by atoms with Crippen molar-refractivity contribution in [3.05, 3.63) is 47.2 Å². The number of nitriles is 4. The molecule has 0 unspecified atom stereocenters. The summed E-state index contributed by atoms with van der Waals surface area (Å²) in [5.74, 6) is 0.427. The van der Waals surface area contributed by atoms with Crippen LogP contribution in [0.5, 0.6) is 0 Å². The Balaban J connectivity index is 2.41. The van der Waals surface area contributed by atoms with E-state index in [9.17, 15) is 21.0 Å². The summed E-state index contributed by atoms with van der Waals surface area (Å²) in [5, 5.41) is 44.4. The molecule has 0 radical (unpaired) electrons. The third-order valence-electron chi connectivity index (χ3n) is 6.42. The van der Waals surface area contributed by atoms with Crippen LogP contribution in [0.25, 0.3) is 0 Å². The highest BCUT2D eigenvalue weighted by Crippen LogP contribution is 2.60. The molecule has 1 aromatic rings. The molecule has 0 amide bonds. The molecule has 5 nitrogen and oxygen atoms in total. The Morgan fingerprint density at radius 1 is 0.964 bits per heavy atom. The van der Waals surface area contributed by atoms with Crippen LogP contribution in [0.15, 0.2) is 41.6 Å². The van der Waals surface area contributed by atoms with Crippen molar-refractivity contribution in [3.8, 4) is 24.3 Å². The van der Waals surface area contributed by atoms with Gasteiger partial charge in [-0.1, -0.05) is 51.1 Å². The number of hydrogen-bond acceptors (Lipinski definition) is 5. The van der Waals surface area contributed by atoms with Crippen LogP contribution < -0.4 is 5.32 Å². The van der Waals surface area contributed by atoms with E-state index in [1.807, 2.05) is 37.3 Å². The Kier molecular flexibility index (Phi) is 4.89. The predicted octanol–water partition coefficient (Wildman–Crippen LogP) is 4.35. The summed E-state index contributed by atoms with van der Waals surface area (Å²) in [6, 6.07) is 16.9. The Hall–Kier alpha value is -3.28. The Bertz CT molecular complexity index is 933. The fourth-order valence-electron chi connectivity index (χ4n) is 4.92. The first kappa shape index (κ1) is 19.5. The fraction of sp³-hybridized carbons (Fsp3) is 0.478. The highest BCUT2D eigenvalue weighted by Gasteiger charge is 2.66. The first-order valence-electron chi connectivity index (χ1n) is 9.63. The number of allylic oxidation sites excluding steroid dienone is 2. The molecule has 0 bridgehead atoms. The molecular formula is C23H23N5. The van der Waals surface area contributed by atoms with Crippen molar-refractivity contribution < 1.29 is 0 Å². The van der Waals surface area contributed by atoms with Gasteiger partial charge < -0.3 is 5.32 Å². The summed E-state index contributed by atoms with van der Waals surface area (Å²) >= 11 is 0. The van der Waals surface area contributed by atoms with Gasteiger partial charge in [-0.3, -0.25) is 0 Å². The van der Waals surface area contributed by atoms with Gasteiger partial charge in [0, 0.05) is 11.6 Å². The third-order valence-corrected chi connectivity index (χ3v) is 6.42. The second kappa shape index (κ2) is 7.03. The SMILES string of the molecule is CC(C)[C@@H]1CC[C@@H](C)C2=C1N[C@H](c1ccccc1)C(C#N)(C#N)C2(C#N)C#N. The van der Waals surface area contributed by atoms with Crippen molar-refractivity contribution in [2.45, 2.75) is 39.7 Å². The molecule has 0 saturated carbocycles. The van der Waals surface area contributed by atoms with Gasteiger partial charge in [0.05, 0.1) is 30.3 Å². The fourth-order valence-corrected chi connectivity index (χ4v) is 4.92. The van der Waals surface area contributed by atoms with Crippen LogP contribution in [-0.4, -0.2) is 0 Å². The molecule has 3 atom stereocenters. The highest BCUT2D eigenvalue weighted by atomic mass is 15.0. The summed E-state index contributed by atoms with van der Waals surface area (Å²) in [4.78, 5) is 0. The Morgan fingerprint density at radius 2 is 1.57 bits per heavy atom. The van der Waals surface area contributed by atoms with Crippen LogP contribution in [0.4, 0.5) is 0 Å². The summed E-state index contributed by atoms with van der Waals surface area (Å²) in [6.07, 6.45) is 1.78. The molecule has 2 aliphatic rings. The standard InChI is InChI=1S/C23H23N5/c1-15(2)18-10-9-16(3)19-20(18)28-21(17-7-5-4-6-8-17)23(13-26,14-27)22(19,11-24)12-25/h4-8,15-16,18,21,28H,9-10H2,1-3H3/t16-,18+,21-/m1/s1. The van der Waals surface area contributed by atoms with Gasteiger partial charge >= 0.3 is 0 Å². The van der Waals surface area contributed by atoms with E-state index in [1.54, 1.807) is 0 Å². The molecule has 1 heterocycles. The normalized spacial score (nSPS) is 27.4. The number of rotatable bonds is 2. The number of nitrogens with zero attached hydrogens (tertiary/aromatic N) is 4. The lowest BCUT2D eigenvalue weighted by molar-refractivity contribution is 0.175. The van der Waals surface area contributed by atoms with Crippen molar-refractivity contribution in [2.75, 3.05) is 0 Å². The van der Waals surface area contributed by atoms with E-state index in [-0.39, 0.29) is 11.8 Å². The van der Waals surface area contributed by atoms with Gasteiger partial charge in [-0.15, -0.1) is 0 Å². The molecule has 1 aromatic carbocycles. The van der Waals surface area contributed by atoms with Crippen LogP contribution in [0, 0.1) is 73.9 Å². The van der Waals surface area contributed by atoms with Crippen LogP contribution in [0.2, 0.25) is 0 Å². The largest absolute Gasteiger partial charge is 0.378 e. The predicted molar refractivity (Wildman–Crippen MR) is 103 cm³/mol. The smallest absolute Gasteiger partial charge is 0.203 e. The third kappa shape index (κ3) is 2.41. The van der Waals surface area contributed by atoms with E-state index in [1.165, 1.54) is 0 Å². The van der Waals surface area contributed by atoms with Gasteiger partial charge in [0.1, 0.15) is 0 Å². The van der Waals surface area contributed by atoms with E-state index in [4.69, 9.17) is 0 Å². The topological polar surface area (TPSA) is 107 Å². The second-order valence-electron chi connectivity index (χ2n) is 8.15. The van der Waals surface area contributed by atoms with E-state index < -0.39 is 16.9 Å². The molecule has 1 aliphatic heterocycles. The summed E-state index contributed by atoms with van der Waals surface area (Å²) in [5.41, 5.74) is -1.41. The monoisotopic (exact) mass is 369 g/mol. The lowest BCUT2D eigenvalue weighted by atomic mass is 9.51. The van der Waals surface area contributed by atoms with Crippen LogP contribution in [-0.2, 0) is 0 Å². The zero-order valence-corrected chi connectivity index (χ0v) is 16.4. The summed E-state index contributed by atoms with van der Waals surface area (Å²) < 4.78 is 0. The lowest BCUT2D eigenvalue weighted by Gasteiger charge is -2.51. The first-order chi connectivity index (χ1) is 13.4. The highest BCUT2D eigenvalue weighted by molar-refractivity contribution is 5.54. The van der Waals surface area contributed by atoms with Crippen LogP contribution in [0.3, 0.4) is 0 Å². The minimum absolute atomic E-state index is 0.0467. The maximum absolute atomic E-state index is 10.2. The molecule has 1 aliphatic carbocycles. The van der Waals surface area contributed by atoms with Crippen molar-refractivity contribution in [1.82, 2.24) is 5.32 Å². The zero-order chi connectivity index (χ0) is 20.5. The average molecular weight is 369 g/mol. The minimum atomic E-state index is -1.84. The summed E-state index contributed by atoms with van der Waals surface area (Å²) in [7, 11) is 0. The van der Waals surface area contributed by atoms with Crippen molar-refractivity contribution >= 4 is 0 Å². The van der Waals surface area contributed by atoms with E-state index >= 15 is 0 Å². The van der Waals surface area contributed by atoms with Gasteiger partial charge in [0.25, 0.3) is 0 Å². The van der Waals surface area contributed by atoms with Gasteiger partial charge in [-0.05, 0) is 35.8 Å². The van der Waals surface area contributed by atoms with Crippen molar-refractivity contribution in [1.29, 1.82) is 21.0 Å². The zero-order valence-electron chi connectivity index (χ0n) is 16.4. The summed E-state index contributed by atoms with van der Waals surface area (Å²) in [6.45, 7) is 6.24. The molecule has 1 N–H and O–H groups in total. The van der Waals surface area contributed by atoms with Crippen LogP contribution >= 0.6 is 0 Å². The lowest BCUT2D eigenvalue weighted by Crippen LogP contribution is -2.56. The van der Waals surface area contributed by atoms with Crippen molar-refractivity contribution in [2.24, 2.45) is 28.6 Å². The van der Waals surface area contributed by atoms with Gasteiger partial charge in [-0.25, -0.2) is 0 Å². The molecule has 3 rings (SSSR count). The molecule has 28 heavy (non-hydrogen) atoms. The number of nitrogens with one attached hydrogen (secondary N) is 1. The molecule has 140 valence electrons. The van der Waals surface area contributed by atoms with Gasteiger partial charge in [0.15, 0.2) is 0 Å². The molecule has 0 spiro atoms. The average Bonchev–Trinajstić information content (AvgIpc) is 2.72. The second-order valence-corrected chi connectivity index (χ2v) is 8.15. The van der Waals surface area contributed by atoms with Crippen molar-refractivity contribution in [3.63, 3.8) is 0 Å². The number of benzene rings is 1. The van der Waals surface area contributed by atoms with Gasteiger partial charge in [-0.2, -0.15) is 21.0 Å². The molecule has 0 saturated heterocycles.